The van der Waals surface area contributed by atoms with E-state index in [4.69, 9.17) is 10.5 Å². The Morgan fingerprint density at radius 1 is 1.29 bits per heavy atom. The molecule has 0 bridgehead atoms. The lowest BCUT2D eigenvalue weighted by Crippen LogP contribution is -1.97. The maximum atomic E-state index is 8.55. The molecule has 0 aliphatic rings. The predicted molar refractivity (Wildman–Crippen MR) is 61.8 cm³/mol. The van der Waals surface area contributed by atoms with Gasteiger partial charge in [0.05, 0.1) is 11.2 Å². The van der Waals surface area contributed by atoms with Crippen LogP contribution in [0.15, 0.2) is 35.8 Å². The summed E-state index contributed by atoms with van der Waals surface area (Å²) in [5.41, 5.74) is 3.82. The third kappa shape index (κ3) is 2.16. The van der Waals surface area contributed by atoms with E-state index in [2.05, 4.69) is 20.5 Å². The number of fused-ring (bicyclic) bond motifs is 1. The van der Waals surface area contributed by atoms with Gasteiger partial charge in [0.1, 0.15) is 18.5 Å². The third-order valence-electron chi connectivity index (χ3n) is 2.05. The normalized spacial score (nSPS) is 9.06. The molecule has 0 spiro atoms. The van der Waals surface area contributed by atoms with Gasteiger partial charge in [0, 0.05) is 11.6 Å². The summed E-state index contributed by atoms with van der Waals surface area (Å²) in [6.07, 6.45) is 3.09. The van der Waals surface area contributed by atoms with Crippen LogP contribution in [0.2, 0.25) is 0 Å². The maximum absolute atomic E-state index is 8.55. The van der Waals surface area contributed by atoms with Gasteiger partial charge in [-0.25, -0.2) is 9.97 Å². The number of hydrazone groups is 1. The van der Waals surface area contributed by atoms with Crippen LogP contribution in [0.4, 0.5) is 5.69 Å². The molecule has 0 unspecified atom stereocenters. The minimum absolute atomic E-state index is 0.237. The van der Waals surface area contributed by atoms with Gasteiger partial charge in [-0.3, -0.25) is 5.43 Å². The van der Waals surface area contributed by atoms with Crippen LogP contribution in [0.25, 0.3) is 10.9 Å². The first-order chi connectivity index (χ1) is 8.35. The molecule has 6 nitrogen and oxygen atoms in total. The molecule has 1 N–H and O–H groups in total. The van der Waals surface area contributed by atoms with Gasteiger partial charge in [0.25, 0.3) is 0 Å². The van der Waals surface area contributed by atoms with Gasteiger partial charge in [-0.15, -0.1) is 0 Å². The van der Waals surface area contributed by atoms with Crippen molar-refractivity contribution in [1.29, 1.82) is 10.5 Å². The van der Waals surface area contributed by atoms with Crippen molar-refractivity contribution in [3.8, 4) is 12.1 Å². The van der Waals surface area contributed by atoms with E-state index in [-0.39, 0.29) is 5.71 Å². The molecule has 0 fully saturated rings. The molecule has 0 aliphatic heterocycles. The molecular formula is C11H6N6. The Hall–Kier alpha value is -2.99. The number of hydrogen-bond donors (Lipinski definition) is 1. The van der Waals surface area contributed by atoms with Gasteiger partial charge in [0.2, 0.25) is 5.71 Å². The van der Waals surface area contributed by atoms with E-state index in [1.54, 1.807) is 30.5 Å². The van der Waals surface area contributed by atoms with Crippen molar-refractivity contribution < 1.29 is 0 Å². The SMILES string of the molecule is N#CC(C#N)=NNc1cccc2ncncc12. The van der Waals surface area contributed by atoms with Crippen LogP contribution in [-0.4, -0.2) is 15.7 Å². The molecule has 2 aromatic rings. The minimum atomic E-state index is -0.237. The second kappa shape index (κ2) is 4.69. The number of nitrogens with zero attached hydrogens (tertiary/aromatic N) is 5. The van der Waals surface area contributed by atoms with Crippen molar-refractivity contribution in [3.63, 3.8) is 0 Å². The highest BCUT2D eigenvalue weighted by molar-refractivity contribution is 6.10. The van der Waals surface area contributed by atoms with E-state index in [1.165, 1.54) is 6.33 Å². The van der Waals surface area contributed by atoms with Crippen LogP contribution in [0.5, 0.6) is 0 Å². The molecule has 1 aromatic heterocycles. The third-order valence-corrected chi connectivity index (χ3v) is 2.05. The molecule has 80 valence electrons. The number of nitrogens with one attached hydrogen (secondary N) is 1. The molecule has 0 saturated carbocycles. The van der Waals surface area contributed by atoms with Gasteiger partial charge in [-0.05, 0) is 12.1 Å². The quantitative estimate of drug-likeness (QED) is 0.612. The van der Waals surface area contributed by atoms with Crippen molar-refractivity contribution in [2.75, 3.05) is 5.43 Å². The highest BCUT2D eigenvalue weighted by atomic mass is 15.3. The fraction of sp³-hybridized carbons (Fsp3) is 0. The molecule has 0 saturated heterocycles. The Balaban J connectivity index is 2.41. The lowest BCUT2D eigenvalue weighted by atomic mass is 10.2. The van der Waals surface area contributed by atoms with Gasteiger partial charge in [0.15, 0.2) is 0 Å². The number of aromatic nitrogens is 2. The first-order valence-electron chi connectivity index (χ1n) is 4.68. The summed E-state index contributed by atoms with van der Waals surface area (Å²) in [6, 6.07) is 8.73. The van der Waals surface area contributed by atoms with E-state index in [0.717, 1.165) is 10.9 Å². The molecule has 17 heavy (non-hydrogen) atoms. The van der Waals surface area contributed by atoms with Crippen LogP contribution in [0.1, 0.15) is 0 Å². The Morgan fingerprint density at radius 2 is 2.12 bits per heavy atom. The van der Waals surface area contributed by atoms with E-state index in [0.29, 0.717) is 5.69 Å². The summed E-state index contributed by atoms with van der Waals surface area (Å²) in [5, 5.41) is 21.5. The average molecular weight is 222 g/mol. The summed E-state index contributed by atoms with van der Waals surface area (Å²) < 4.78 is 0. The van der Waals surface area contributed by atoms with Crippen LogP contribution in [-0.2, 0) is 0 Å². The standard InChI is InChI=1S/C11H6N6/c12-4-8(5-13)16-17-11-3-1-2-10-9(11)6-14-7-15-10/h1-3,6-7,17H. The Bertz CT molecular complexity index is 640. The second-order valence-corrected chi connectivity index (χ2v) is 3.06. The Labute approximate surface area is 96.8 Å². The van der Waals surface area contributed by atoms with E-state index < -0.39 is 0 Å². The molecule has 0 radical (unpaired) electrons. The van der Waals surface area contributed by atoms with Crippen LogP contribution in [0, 0.1) is 22.7 Å². The minimum Gasteiger partial charge on any atom is -0.276 e. The zero-order chi connectivity index (χ0) is 12.1. The first kappa shape index (κ1) is 10.5. The van der Waals surface area contributed by atoms with Crippen molar-refractivity contribution in [2.45, 2.75) is 0 Å². The molecule has 0 aliphatic carbocycles. The van der Waals surface area contributed by atoms with E-state index >= 15 is 0 Å². The van der Waals surface area contributed by atoms with Crippen LogP contribution in [0.3, 0.4) is 0 Å². The highest BCUT2D eigenvalue weighted by Crippen LogP contribution is 2.20. The van der Waals surface area contributed by atoms with Gasteiger partial charge in [-0.2, -0.15) is 15.6 Å². The summed E-state index contributed by atoms with van der Waals surface area (Å²) in [6.45, 7) is 0. The van der Waals surface area contributed by atoms with Gasteiger partial charge in [-0.1, -0.05) is 6.07 Å². The number of rotatable bonds is 2. The summed E-state index contributed by atoms with van der Waals surface area (Å²) in [5.74, 6) is 0. The summed E-state index contributed by atoms with van der Waals surface area (Å²) in [4.78, 5) is 7.99. The smallest absolute Gasteiger partial charge is 0.237 e. The monoisotopic (exact) mass is 222 g/mol. The fourth-order valence-corrected chi connectivity index (χ4v) is 1.29. The van der Waals surface area contributed by atoms with Crippen molar-refractivity contribution in [3.05, 3.63) is 30.7 Å². The number of hydrogen-bond acceptors (Lipinski definition) is 6. The first-order valence-corrected chi connectivity index (χ1v) is 4.68. The lowest BCUT2D eigenvalue weighted by Gasteiger charge is -2.03. The van der Waals surface area contributed by atoms with Gasteiger partial charge >= 0.3 is 0 Å². The summed E-state index contributed by atoms with van der Waals surface area (Å²) in [7, 11) is 0. The average Bonchev–Trinajstić information content (AvgIpc) is 2.40. The molecular weight excluding hydrogens is 216 g/mol. The van der Waals surface area contributed by atoms with Crippen molar-refractivity contribution >= 4 is 22.3 Å². The molecule has 2 rings (SSSR count). The van der Waals surface area contributed by atoms with Crippen molar-refractivity contribution in [2.24, 2.45) is 5.10 Å². The largest absolute Gasteiger partial charge is 0.276 e. The molecule has 1 aromatic carbocycles. The van der Waals surface area contributed by atoms with Crippen molar-refractivity contribution in [1.82, 2.24) is 9.97 Å². The van der Waals surface area contributed by atoms with E-state index in [9.17, 15) is 0 Å². The lowest BCUT2D eigenvalue weighted by molar-refractivity contribution is 1.22. The second-order valence-electron chi connectivity index (χ2n) is 3.06. The molecule has 0 atom stereocenters. The van der Waals surface area contributed by atoms with E-state index in [1.807, 2.05) is 6.07 Å². The zero-order valence-corrected chi connectivity index (χ0v) is 8.62. The number of nitriles is 2. The Kier molecular flexibility index (Phi) is 2.90. The summed E-state index contributed by atoms with van der Waals surface area (Å²) >= 11 is 0. The number of benzene rings is 1. The zero-order valence-electron chi connectivity index (χ0n) is 8.62. The molecule has 1 heterocycles. The number of anilines is 1. The fourth-order valence-electron chi connectivity index (χ4n) is 1.29. The molecule has 6 heteroatoms. The molecule has 0 amide bonds. The van der Waals surface area contributed by atoms with Crippen LogP contribution < -0.4 is 5.43 Å². The predicted octanol–water partition coefficient (Wildman–Crippen LogP) is 1.44. The topological polar surface area (TPSA) is 97.8 Å². The highest BCUT2D eigenvalue weighted by Gasteiger charge is 2.01. The Morgan fingerprint density at radius 3 is 2.88 bits per heavy atom. The van der Waals surface area contributed by atoms with Gasteiger partial charge < -0.3 is 0 Å². The maximum Gasteiger partial charge on any atom is 0.237 e. The van der Waals surface area contributed by atoms with Crippen LogP contribution >= 0.6 is 0 Å².